The van der Waals surface area contributed by atoms with Crippen LogP contribution in [0.5, 0.6) is 17.2 Å². The Morgan fingerprint density at radius 2 is 1.48 bits per heavy atom. The molecular weight excluding hydrogens is 340 g/mol. The molecule has 0 radical (unpaired) electrons. The van der Waals surface area contributed by atoms with E-state index in [-0.39, 0.29) is 0 Å². The maximum Gasteiger partial charge on any atom is 0.174 e. The molecule has 0 saturated carbocycles. The fraction of sp³-hybridized carbons (Fsp3) is 0.182. The number of rotatable bonds is 3. The highest BCUT2D eigenvalue weighted by Crippen LogP contribution is 2.33. The first-order chi connectivity index (χ1) is 13.3. The predicted octanol–water partition coefficient (Wildman–Crippen LogP) is 4.19. The molecule has 0 spiro atoms. The van der Waals surface area contributed by atoms with E-state index >= 15 is 0 Å². The van der Waals surface area contributed by atoms with Gasteiger partial charge in [0, 0.05) is 23.4 Å². The van der Waals surface area contributed by atoms with Gasteiger partial charge in [-0.15, -0.1) is 5.06 Å². The molecular formula is C22H20N2O3. The van der Waals surface area contributed by atoms with Gasteiger partial charge in [-0.1, -0.05) is 36.4 Å². The predicted molar refractivity (Wildman–Crippen MR) is 103 cm³/mol. The SMILES string of the molecule is c1ccc(ON2COc3ccc(N4COc5ccccc5C4)cc3C2)cc1. The van der Waals surface area contributed by atoms with Crippen molar-refractivity contribution in [3.8, 4) is 17.2 Å². The first-order valence-corrected chi connectivity index (χ1v) is 9.04. The van der Waals surface area contributed by atoms with Crippen LogP contribution in [0.4, 0.5) is 5.69 Å². The van der Waals surface area contributed by atoms with E-state index in [0.29, 0.717) is 20.0 Å². The summed E-state index contributed by atoms with van der Waals surface area (Å²) >= 11 is 0. The molecule has 0 amide bonds. The molecule has 0 unspecified atom stereocenters. The van der Waals surface area contributed by atoms with Gasteiger partial charge < -0.3 is 19.2 Å². The highest BCUT2D eigenvalue weighted by Gasteiger charge is 2.22. The second kappa shape index (κ2) is 6.85. The molecule has 0 atom stereocenters. The quantitative estimate of drug-likeness (QED) is 0.700. The summed E-state index contributed by atoms with van der Waals surface area (Å²) in [4.78, 5) is 8.14. The lowest BCUT2D eigenvalue weighted by molar-refractivity contribution is -0.124. The minimum atomic E-state index is 0.404. The first-order valence-electron chi connectivity index (χ1n) is 9.04. The van der Waals surface area contributed by atoms with Crippen LogP contribution in [0.1, 0.15) is 11.1 Å². The van der Waals surface area contributed by atoms with Crippen LogP contribution >= 0.6 is 0 Å². The Labute approximate surface area is 158 Å². The van der Waals surface area contributed by atoms with E-state index in [1.165, 1.54) is 5.56 Å². The normalized spacial score (nSPS) is 15.9. The Hall–Kier alpha value is -3.18. The van der Waals surface area contributed by atoms with Crippen LogP contribution in [-0.2, 0) is 13.1 Å². The molecule has 0 aliphatic carbocycles. The summed E-state index contributed by atoms with van der Waals surface area (Å²) < 4.78 is 11.8. The lowest BCUT2D eigenvalue weighted by Gasteiger charge is -2.33. The maximum absolute atomic E-state index is 5.91. The van der Waals surface area contributed by atoms with E-state index in [0.717, 1.165) is 35.0 Å². The van der Waals surface area contributed by atoms with Crippen LogP contribution < -0.4 is 19.2 Å². The topological polar surface area (TPSA) is 34.2 Å². The number of anilines is 1. The van der Waals surface area contributed by atoms with Crippen LogP contribution in [0.25, 0.3) is 0 Å². The summed E-state index contributed by atoms with van der Waals surface area (Å²) in [5.74, 6) is 2.68. The van der Waals surface area contributed by atoms with Gasteiger partial charge in [-0.05, 0) is 36.4 Å². The summed E-state index contributed by atoms with van der Waals surface area (Å²) in [5.41, 5.74) is 3.42. The molecule has 5 heteroatoms. The molecule has 2 aliphatic heterocycles. The molecule has 0 saturated heterocycles. The van der Waals surface area contributed by atoms with Crippen LogP contribution in [0.3, 0.4) is 0 Å². The Morgan fingerprint density at radius 3 is 2.41 bits per heavy atom. The third-order valence-electron chi connectivity index (χ3n) is 4.81. The molecule has 2 aliphatic rings. The van der Waals surface area contributed by atoms with Crippen molar-refractivity contribution in [1.29, 1.82) is 0 Å². The van der Waals surface area contributed by atoms with Crippen LogP contribution in [0.2, 0.25) is 0 Å². The van der Waals surface area contributed by atoms with Crippen molar-refractivity contribution < 1.29 is 14.3 Å². The van der Waals surface area contributed by atoms with Crippen molar-refractivity contribution in [1.82, 2.24) is 5.06 Å². The van der Waals surface area contributed by atoms with Gasteiger partial charge in [-0.25, -0.2) is 0 Å². The number of para-hydroxylation sites is 2. The average Bonchev–Trinajstić information content (AvgIpc) is 2.73. The third-order valence-corrected chi connectivity index (χ3v) is 4.81. The lowest BCUT2D eigenvalue weighted by Crippen LogP contribution is -2.35. The van der Waals surface area contributed by atoms with Crippen LogP contribution in [0.15, 0.2) is 72.8 Å². The Bertz CT molecular complexity index is 945. The number of ether oxygens (including phenoxy) is 2. The van der Waals surface area contributed by atoms with E-state index in [1.807, 2.05) is 59.7 Å². The van der Waals surface area contributed by atoms with Gasteiger partial charge in [0.05, 0.1) is 6.54 Å². The lowest BCUT2D eigenvalue weighted by atomic mass is 10.1. The maximum atomic E-state index is 5.91. The molecule has 0 fully saturated rings. The average molecular weight is 360 g/mol. The zero-order chi connectivity index (χ0) is 18.1. The van der Waals surface area contributed by atoms with Gasteiger partial charge in [-0.2, -0.15) is 0 Å². The van der Waals surface area contributed by atoms with Gasteiger partial charge in [0.2, 0.25) is 0 Å². The molecule has 2 heterocycles. The van der Waals surface area contributed by atoms with E-state index < -0.39 is 0 Å². The first kappa shape index (κ1) is 16.0. The zero-order valence-electron chi connectivity index (χ0n) is 14.9. The molecule has 0 N–H and O–H groups in total. The van der Waals surface area contributed by atoms with Crippen molar-refractivity contribution in [2.75, 3.05) is 18.4 Å². The fourth-order valence-electron chi connectivity index (χ4n) is 3.43. The largest absolute Gasteiger partial charge is 0.475 e. The molecule has 0 aromatic heterocycles. The van der Waals surface area contributed by atoms with E-state index in [2.05, 4.69) is 23.1 Å². The third kappa shape index (κ3) is 3.29. The number of hydrogen-bond acceptors (Lipinski definition) is 5. The molecule has 136 valence electrons. The van der Waals surface area contributed by atoms with Gasteiger partial charge in [0.15, 0.2) is 13.5 Å². The Balaban J connectivity index is 1.34. The van der Waals surface area contributed by atoms with Gasteiger partial charge >= 0.3 is 0 Å². The minimum Gasteiger partial charge on any atom is -0.475 e. The molecule has 5 nitrogen and oxygen atoms in total. The van der Waals surface area contributed by atoms with E-state index in [4.69, 9.17) is 14.3 Å². The van der Waals surface area contributed by atoms with Crippen molar-refractivity contribution in [2.24, 2.45) is 0 Å². The zero-order valence-corrected chi connectivity index (χ0v) is 14.9. The van der Waals surface area contributed by atoms with Crippen molar-refractivity contribution >= 4 is 5.69 Å². The van der Waals surface area contributed by atoms with Crippen molar-refractivity contribution in [2.45, 2.75) is 13.1 Å². The van der Waals surface area contributed by atoms with Gasteiger partial charge in [0.1, 0.15) is 17.2 Å². The molecule has 5 rings (SSSR count). The number of fused-ring (bicyclic) bond motifs is 2. The Kier molecular flexibility index (Phi) is 4.07. The van der Waals surface area contributed by atoms with Crippen LogP contribution in [0, 0.1) is 0 Å². The monoisotopic (exact) mass is 360 g/mol. The number of nitrogens with zero attached hydrogens (tertiary/aromatic N) is 2. The van der Waals surface area contributed by atoms with Crippen LogP contribution in [-0.4, -0.2) is 18.5 Å². The van der Waals surface area contributed by atoms with Gasteiger partial charge in [-0.3, -0.25) is 0 Å². The van der Waals surface area contributed by atoms with E-state index in [1.54, 1.807) is 0 Å². The molecule has 27 heavy (non-hydrogen) atoms. The minimum absolute atomic E-state index is 0.404. The highest BCUT2D eigenvalue weighted by atomic mass is 16.7. The number of benzene rings is 3. The second-order valence-corrected chi connectivity index (χ2v) is 6.69. The van der Waals surface area contributed by atoms with E-state index in [9.17, 15) is 0 Å². The van der Waals surface area contributed by atoms with Gasteiger partial charge in [0.25, 0.3) is 0 Å². The summed E-state index contributed by atoms with van der Waals surface area (Å²) in [6.07, 6.45) is 0. The van der Waals surface area contributed by atoms with Crippen molar-refractivity contribution in [3.05, 3.63) is 83.9 Å². The second-order valence-electron chi connectivity index (χ2n) is 6.69. The summed E-state index contributed by atoms with van der Waals surface area (Å²) in [7, 11) is 0. The smallest absolute Gasteiger partial charge is 0.174 e. The highest BCUT2D eigenvalue weighted by molar-refractivity contribution is 5.55. The molecule has 0 bridgehead atoms. The molecule has 3 aromatic rings. The number of hydroxylamine groups is 2. The molecule has 3 aromatic carbocycles. The summed E-state index contributed by atoms with van der Waals surface area (Å²) in [6.45, 7) is 2.45. The standard InChI is InChI=1S/C22H20N2O3/c1-2-7-20(8-3-1)27-24-14-18-12-19(10-11-22(18)26-16-24)23-13-17-6-4-5-9-21(17)25-15-23/h1-12H,13-16H2. The fourth-order valence-corrected chi connectivity index (χ4v) is 3.43. The van der Waals surface area contributed by atoms with Crippen molar-refractivity contribution in [3.63, 3.8) is 0 Å². The summed E-state index contributed by atoms with van der Waals surface area (Å²) in [5, 5.41) is 1.82. The summed E-state index contributed by atoms with van der Waals surface area (Å²) in [6, 6.07) is 24.2. The Morgan fingerprint density at radius 1 is 0.704 bits per heavy atom. The number of hydrogen-bond donors (Lipinski definition) is 0.